The molecule has 0 radical (unpaired) electrons. The van der Waals surface area contributed by atoms with E-state index in [0.29, 0.717) is 18.2 Å². The van der Waals surface area contributed by atoms with Gasteiger partial charge in [-0.05, 0) is 30.9 Å². The van der Waals surface area contributed by atoms with Crippen LogP contribution in [0.4, 0.5) is 0 Å². The number of hydrogen-bond donors (Lipinski definition) is 2. The van der Waals surface area contributed by atoms with E-state index in [2.05, 4.69) is 24.1 Å². The predicted molar refractivity (Wildman–Crippen MR) is 68.7 cm³/mol. The van der Waals surface area contributed by atoms with E-state index in [9.17, 15) is 4.79 Å². The molecule has 1 heterocycles. The minimum absolute atomic E-state index is 0.0175. The molecule has 1 atom stereocenters. The Hall–Kier alpha value is -1.42. The number of nitrogens with two attached hydrogens (primary N) is 1. The first-order chi connectivity index (χ1) is 8.04. The van der Waals surface area contributed by atoms with Crippen molar-refractivity contribution in [2.75, 3.05) is 6.54 Å². The Kier molecular flexibility index (Phi) is 5.10. The van der Waals surface area contributed by atoms with E-state index in [4.69, 9.17) is 5.73 Å². The molecule has 1 unspecified atom stereocenters. The van der Waals surface area contributed by atoms with Gasteiger partial charge >= 0.3 is 0 Å². The van der Waals surface area contributed by atoms with Crippen LogP contribution in [0.15, 0.2) is 18.3 Å². The number of nitrogens with zero attached hydrogens (tertiary/aromatic N) is 1. The maximum atomic E-state index is 12.0. The first-order valence-corrected chi connectivity index (χ1v) is 5.97. The number of carbonyl (C=O) groups excluding carboxylic acids is 1. The number of rotatable bonds is 5. The van der Waals surface area contributed by atoms with Gasteiger partial charge in [-0.1, -0.05) is 19.9 Å². The molecule has 0 aliphatic rings. The van der Waals surface area contributed by atoms with Crippen LogP contribution in [0.3, 0.4) is 0 Å². The number of amides is 1. The van der Waals surface area contributed by atoms with E-state index in [1.165, 1.54) is 0 Å². The lowest BCUT2D eigenvalue weighted by atomic mass is 10.0. The van der Waals surface area contributed by atoms with Crippen LogP contribution in [0.5, 0.6) is 0 Å². The molecule has 0 saturated heterocycles. The number of hydrogen-bond acceptors (Lipinski definition) is 3. The highest BCUT2D eigenvalue weighted by Gasteiger charge is 2.15. The molecule has 3 N–H and O–H groups in total. The molecular formula is C13H21N3O. The third-order valence-corrected chi connectivity index (χ3v) is 2.60. The van der Waals surface area contributed by atoms with Gasteiger partial charge in [0.1, 0.15) is 5.69 Å². The van der Waals surface area contributed by atoms with E-state index >= 15 is 0 Å². The molecule has 0 spiro atoms. The summed E-state index contributed by atoms with van der Waals surface area (Å²) in [6, 6.07) is 3.71. The first-order valence-electron chi connectivity index (χ1n) is 5.97. The summed E-state index contributed by atoms with van der Waals surface area (Å²) in [5.41, 5.74) is 7.01. The average Bonchev–Trinajstić information content (AvgIpc) is 2.27. The van der Waals surface area contributed by atoms with Gasteiger partial charge in [0.05, 0.1) is 0 Å². The maximum absolute atomic E-state index is 12.0. The molecule has 0 saturated carbocycles. The highest BCUT2D eigenvalue weighted by atomic mass is 16.1. The van der Waals surface area contributed by atoms with Crippen LogP contribution in [0.1, 0.15) is 36.3 Å². The lowest BCUT2D eigenvalue weighted by molar-refractivity contribution is 0.0928. The molecule has 0 fully saturated rings. The lowest BCUT2D eigenvalue weighted by Gasteiger charge is -2.18. The number of aryl methyl sites for hydroxylation is 1. The molecule has 1 aromatic rings. The number of nitrogens with one attached hydrogen (secondary N) is 1. The van der Waals surface area contributed by atoms with Crippen LogP contribution in [0, 0.1) is 12.8 Å². The molecule has 1 rings (SSSR count). The van der Waals surface area contributed by atoms with E-state index in [1.807, 2.05) is 19.1 Å². The van der Waals surface area contributed by atoms with Crippen molar-refractivity contribution in [3.05, 3.63) is 29.6 Å². The van der Waals surface area contributed by atoms with Gasteiger partial charge in [-0.2, -0.15) is 0 Å². The fourth-order valence-corrected chi connectivity index (χ4v) is 1.76. The highest BCUT2D eigenvalue weighted by molar-refractivity contribution is 5.93. The van der Waals surface area contributed by atoms with Crippen LogP contribution < -0.4 is 11.1 Å². The van der Waals surface area contributed by atoms with Crippen molar-refractivity contribution < 1.29 is 4.79 Å². The molecule has 94 valence electrons. The third kappa shape index (κ3) is 4.15. The van der Waals surface area contributed by atoms with Gasteiger partial charge < -0.3 is 11.1 Å². The third-order valence-electron chi connectivity index (χ3n) is 2.60. The summed E-state index contributed by atoms with van der Waals surface area (Å²) in [4.78, 5) is 16.1. The maximum Gasteiger partial charge on any atom is 0.270 e. The van der Waals surface area contributed by atoms with Crippen LogP contribution >= 0.6 is 0 Å². The second-order valence-electron chi connectivity index (χ2n) is 4.70. The summed E-state index contributed by atoms with van der Waals surface area (Å²) < 4.78 is 0. The summed E-state index contributed by atoms with van der Waals surface area (Å²) >= 11 is 0. The summed E-state index contributed by atoms with van der Waals surface area (Å²) in [6.07, 6.45) is 2.51. The SMILES string of the molecule is Cc1cccnc1C(=O)NC(CN)CC(C)C. The fourth-order valence-electron chi connectivity index (χ4n) is 1.76. The summed E-state index contributed by atoms with van der Waals surface area (Å²) in [7, 11) is 0. The minimum atomic E-state index is -0.140. The molecule has 4 heteroatoms. The van der Waals surface area contributed by atoms with E-state index in [0.717, 1.165) is 12.0 Å². The summed E-state index contributed by atoms with van der Waals surface area (Å²) in [5.74, 6) is 0.368. The van der Waals surface area contributed by atoms with Crippen molar-refractivity contribution in [2.24, 2.45) is 11.7 Å². The van der Waals surface area contributed by atoms with Crippen LogP contribution in [-0.2, 0) is 0 Å². The zero-order valence-corrected chi connectivity index (χ0v) is 10.7. The second kappa shape index (κ2) is 6.35. The Bertz CT molecular complexity index is 377. The van der Waals surface area contributed by atoms with Crippen molar-refractivity contribution in [1.82, 2.24) is 10.3 Å². The zero-order valence-electron chi connectivity index (χ0n) is 10.7. The number of pyridine rings is 1. The minimum Gasteiger partial charge on any atom is -0.347 e. The van der Waals surface area contributed by atoms with Crippen molar-refractivity contribution in [2.45, 2.75) is 33.2 Å². The topological polar surface area (TPSA) is 68.0 Å². The number of aromatic nitrogens is 1. The molecule has 0 aliphatic heterocycles. The Labute approximate surface area is 103 Å². The molecular weight excluding hydrogens is 214 g/mol. The largest absolute Gasteiger partial charge is 0.347 e. The molecule has 4 nitrogen and oxygen atoms in total. The Morgan fingerprint density at radius 2 is 2.24 bits per heavy atom. The molecule has 17 heavy (non-hydrogen) atoms. The Morgan fingerprint density at radius 1 is 1.53 bits per heavy atom. The Morgan fingerprint density at radius 3 is 2.76 bits per heavy atom. The van der Waals surface area contributed by atoms with Crippen molar-refractivity contribution in [3.8, 4) is 0 Å². The normalized spacial score (nSPS) is 12.5. The van der Waals surface area contributed by atoms with Crippen molar-refractivity contribution in [1.29, 1.82) is 0 Å². The predicted octanol–water partition coefficient (Wildman–Crippen LogP) is 1.49. The summed E-state index contributed by atoms with van der Waals surface area (Å²) in [5, 5.41) is 2.93. The van der Waals surface area contributed by atoms with Gasteiger partial charge in [0.15, 0.2) is 0 Å². The van der Waals surface area contributed by atoms with Gasteiger partial charge in [-0.3, -0.25) is 9.78 Å². The van der Waals surface area contributed by atoms with Gasteiger partial charge in [0.2, 0.25) is 0 Å². The second-order valence-corrected chi connectivity index (χ2v) is 4.70. The van der Waals surface area contributed by atoms with Crippen LogP contribution in [0.2, 0.25) is 0 Å². The van der Waals surface area contributed by atoms with Gasteiger partial charge in [0, 0.05) is 18.8 Å². The number of carbonyl (C=O) groups is 1. The highest BCUT2D eigenvalue weighted by Crippen LogP contribution is 2.07. The van der Waals surface area contributed by atoms with Gasteiger partial charge in [-0.15, -0.1) is 0 Å². The first kappa shape index (κ1) is 13.6. The molecule has 0 bridgehead atoms. The van der Waals surface area contributed by atoms with E-state index in [1.54, 1.807) is 6.20 Å². The van der Waals surface area contributed by atoms with Crippen LogP contribution in [0.25, 0.3) is 0 Å². The smallest absolute Gasteiger partial charge is 0.270 e. The quantitative estimate of drug-likeness (QED) is 0.812. The molecule has 1 aromatic heterocycles. The molecule has 0 aromatic carbocycles. The van der Waals surface area contributed by atoms with Crippen molar-refractivity contribution >= 4 is 5.91 Å². The standard InChI is InChI=1S/C13H21N3O/c1-9(2)7-11(8-14)16-13(17)12-10(3)5-4-6-15-12/h4-6,9,11H,7-8,14H2,1-3H3,(H,16,17). The Balaban J connectivity index is 2.68. The van der Waals surface area contributed by atoms with E-state index in [-0.39, 0.29) is 11.9 Å². The van der Waals surface area contributed by atoms with Crippen molar-refractivity contribution in [3.63, 3.8) is 0 Å². The van der Waals surface area contributed by atoms with E-state index < -0.39 is 0 Å². The lowest BCUT2D eigenvalue weighted by Crippen LogP contribution is -2.41. The van der Waals surface area contributed by atoms with Gasteiger partial charge in [0.25, 0.3) is 5.91 Å². The average molecular weight is 235 g/mol. The summed E-state index contributed by atoms with van der Waals surface area (Å²) in [6.45, 7) is 6.55. The van der Waals surface area contributed by atoms with Gasteiger partial charge in [-0.25, -0.2) is 0 Å². The molecule has 0 aliphatic carbocycles. The monoisotopic (exact) mass is 235 g/mol. The molecule has 1 amide bonds. The fraction of sp³-hybridized carbons (Fsp3) is 0.538. The van der Waals surface area contributed by atoms with Crippen LogP contribution in [-0.4, -0.2) is 23.5 Å². The zero-order chi connectivity index (χ0) is 12.8.